The molecular formula is C23H28N2O3S. The van der Waals surface area contributed by atoms with Crippen molar-refractivity contribution in [3.8, 4) is 0 Å². The average Bonchev–Trinajstić information content (AvgIpc) is 3.16. The first-order chi connectivity index (χ1) is 13.9. The van der Waals surface area contributed by atoms with Crippen LogP contribution in [0.15, 0.2) is 59.5 Å². The lowest BCUT2D eigenvalue weighted by atomic mass is 10.1. The van der Waals surface area contributed by atoms with Crippen molar-refractivity contribution >= 4 is 22.0 Å². The minimum absolute atomic E-state index is 0.0634. The number of hydrogen-bond acceptors (Lipinski definition) is 3. The monoisotopic (exact) mass is 412 g/mol. The van der Waals surface area contributed by atoms with E-state index in [1.807, 2.05) is 33.0 Å². The maximum absolute atomic E-state index is 12.6. The van der Waals surface area contributed by atoms with E-state index in [1.165, 1.54) is 15.4 Å². The van der Waals surface area contributed by atoms with E-state index in [0.29, 0.717) is 13.1 Å². The van der Waals surface area contributed by atoms with Gasteiger partial charge in [-0.25, -0.2) is 8.42 Å². The molecule has 1 amide bonds. The van der Waals surface area contributed by atoms with E-state index in [9.17, 15) is 13.2 Å². The number of aryl methyl sites for hydroxylation is 1. The van der Waals surface area contributed by atoms with Gasteiger partial charge in [0, 0.05) is 26.2 Å². The number of hydrogen-bond donors (Lipinski definition) is 0. The number of amides is 1. The molecule has 0 bridgehead atoms. The van der Waals surface area contributed by atoms with E-state index in [1.54, 1.807) is 41.3 Å². The minimum atomic E-state index is -3.47. The van der Waals surface area contributed by atoms with Gasteiger partial charge in [-0.1, -0.05) is 50.2 Å². The second-order valence-corrected chi connectivity index (χ2v) is 9.13. The standard InChI is InChI=1S/C23H28N2O3S/c1-4-25(5-2)29(27,28)20-14-10-18(11-15-20)12-17-23(26)24(3)22-16-13-19-8-6-7-9-21(19)22/h6-12,14-15,17,22H,4-5,13,16H2,1-3H3/b17-12+. The van der Waals surface area contributed by atoms with Gasteiger partial charge in [0.15, 0.2) is 0 Å². The second-order valence-electron chi connectivity index (χ2n) is 7.19. The van der Waals surface area contributed by atoms with E-state index in [-0.39, 0.29) is 16.8 Å². The highest BCUT2D eigenvalue weighted by Gasteiger charge is 2.27. The zero-order chi connectivity index (χ0) is 21.0. The lowest BCUT2D eigenvalue weighted by Gasteiger charge is -2.24. The molecule has 0 saturated heterocycles. The van der Waals surface area contributed by atoms with Crippen LogP contribution in [0.1, 0.15) is 43.0 Å². The van der Waals surface area contributed by atoms with Crippen LogP contribution in [0.2, 0.25) is 0 Å². The van der Waals surface area contributed by atoms with Gasteiger partial charge in [-0.15, -0.1) is 0 Å². The van der Waals surface area contributed by atoms with E-state index < -0.39 is 10.0 Å². The maximum atomic E-state index is 12.6. The number of sulfonamides is 1. The minimum Gasteiger partial charge on any atom is -0.335 e. The van der Waals surface area contributed by atoms with Crippen LogP contribution in [0.25, 0.3) is 6.08 Å². The molecule has 2 aromatic carbocycles. The highest BCUT2D eigenvalue weighted by atomic mass is 32.2. The number of fused-ring (bicyclic) bond motifs is 1. The molecule has 0 N–H and O–H groups in total. The zero-order valence-electron chi connectivity index (χ0n) is 17.2. The third-order valence-electron chi connectivity index (χ3n) is 5.56. The summed E-state index contributed by atoms with van der Waals surface area (Å²) >= 11 is 0. The molecule has 1 aliphatic rings. The summed E-state index contributed by atoms with van der Waals surface area (Å²) in [5, 5.41) is 0. The fourth-order valence-corrected chi connectivity index (χ4v) is 5.30. The molecule has 2 aromatic rings. The number of nitrogens with zero attached hydrogens (tertiary/aromatic N) is 2. The maximum Gasteiger partial charge on any atom is 0.246 e. The largest absolute Gasteiger partial charge is 0.335 e. The van der Waals surface area contributed by atoms with Crippen molar-refractivity contribution in [2.45, 2.75) is 37.6 Å². The highest BCUT2D eigenvalue weighted by Crippen LogP contribution is 2.34. The van der Waals surface area contributed by atoms with E-state index in [4.69, 9.17) is 0 Å². The first-order valence-electron chi connectivity index (χ1n) is 10.0. The summed E-state index contributed by atoms with van der Waals surface area (Å²) in [6.45, 7) is 4.52. The summed E-state index contributed by atoms with van der Waals surface area (Å²) in [4.78, 5) is 14.7. The molecule has 0 heterocycles. The molecule has 6 heteroatoms. The van der Waals surface area contributed by atoms with Gasteiger partial charge in [0.25, 0.3) is 0 Å². The second kappa shape index (κ2) is 8.93. The zero-order valence-corrected chi connectivity index (χ0v) is 18.0. The van der Waals surface area contributed by atoms with Crippen molar-refractivity contribution in [1.82, 2.24) is 9.21 Å². The van der Waals surface area contributed by atoms with Crippen LogP contribution in [0, 0.1) is 0 Å². The summed E-state index contributed by atoms with van der Waals surface area (Å²) in [7, 11) is -1.64. The van der Waals surface area contributed by atoms with Crippen molar-refractivity contribution in [1.29, 1.82) is 0 Å². The molecule has 5 nitrogen and oxygen atoms in total. The van der Waals surface area contributed by atoms with Gasteiger partial charge in [0.05, 0.1) is 10.9 Å². The number of carbonyl (C=O) groups is 1. The third-order valence-corrected chi connectivity index (χ3v) is 7.62. The predicted octanol–water partition coefficient (Wildman–Crippen LogP) is 3.88. The number of rotatable bonds is 7. The van der Waals surface area contributed by atoms with Gasteiger partial charge in [0.2, 0.25) is 15.9 Å². The SMILES string of the molecule is CCN(CC)S(=O)(=O)c1ccc(/C=C/C(=O)N(C)C2CCc3ccccc32)cc1. The molecule has 1 atom stereocenters. The molecule has 0 aromatic heterocycles. The Balaban J connectivity index is 1.69. The molecule has 0 saturated carbocycles. The lowest BCUT2D eigenvalue weighted by molar-refractivity contribution is -0.126. The van der Waals surface area contributed by atoms with Crippen molar-refractivity contribution in [3.63, 3.8) is 0 Å². The molecular weight excluding hydrogens is 384 g/mol. The summed E-state index contributed by atoms with van der Waals surface area (Å²) < 4.78 is 26.5. The Bertz CT molecular complexity index is 993. The van der Waals surface area contributed by atoms with Crippen LogP contribution >= 0.6 is 0 Å². The van der Waals surface area contributed by atoms with Crippen LogP contribution in [0.3, 0.4) is 0 Å². The summed E-state index contributed by atoms with van der Waals surface area (Å²) in [6, 6.07) is 15.0. The van der Waals surface area contributed by atoms with Gasteiger partial charge < -0.3 is 4.90 Å². The van der Waals surface area contributed by atoms with Crippen LogP contribution in [-0.4, -0.2) is 43.7 Å². The van der Waals surface area contributed by atoms with Crippen LogP contribution in [0.5, 0.6) is 0 Å². The van der Waals surface area contributed by atoms with E-state index >= 15 is 0 Å². The van der Waals surface area contributed by atoms with Gasteiger partial charge >= 0.3 is 0 Å². The fourth-order valence-electron chi connectivity index (χ4n) is 3.84. The van der Waals surface area contributed by atoms with Crippen LogP contribution in [0.4, 0.5) is 0 Å². The third kappa shape index (κ3) is 4.43. The number of carbonyl (C=O) groups excluding carboxylic acids is 1. The summed E-state index contributed by atoms with van der Waals surface area (Å²) in [6.07, 6.45) is 5.21. The molecule has 154 valence electrons. The smallest absolute Gasteiger partial charge is 0.246 e. The highest BCUT2D eigenvalue weighted by molar-refractivity contribution is 7.89. The van der Waals surface area contributed by atoms with Crippen molar-refractivity contribution < 1.29 is 13.2 Å². The number of benzene rings is 2. The molecule has 0 fully saturated rings. The van der Waals surface area contributed by atoms with Crippen LogP contribution < -0.4 is 0 Å². The Morgan fingerprint density at radius 3 is 2.38 bits per heavy atom. The van der Waals surface area contributed by atoms with Gasteiger partial charge in [-0.05, 0) is 47.7 Å². The molecule has 1 aliphatic carbocycles. The fraction of sp³-hybridized carbons (Fsp3) is 0.348. The molecule has 0 aliphatic heterocycles. The Labute approximate surface area is 173 Å². The number of likely N-dealkylation sites (N-methyl/N-ethyl adjacent to an activating group) is 1. The van der Waals surface area contributed by atoms with E-state index in [0.717, 1.165) is 18.4 Å². The van der Waals surface area contributed by atoms with Crippen molar-refractivity contribution in [2.75, 3.05) is 20.1 Å². The Hall–Kier alpha value is -2.44. The molecule has 1 unspecified atom stereocenters. The Morgan fingerprint density at radius 2 is 1.72 bits per heavy atom. The molecule has 0 spiro atoms. The van der Waals surface area contributed by atoms with E-state index in [2.05, 4.69) is 12.1 Å². The topological polar surface area (TPSA) is 57.7 Å². The quantitative estimate of drug-likeness (QED) is 0.649. The first-order valence-corrected chi connectivity index (χ1v) is 11.4. The normalized spacial score (nSPS) is 16.3. The Kier molecular flexibility index (Phi) is 6.55. The summed E-state index contributed by atoms with van der Waals surface area (Å²) in [5.74, 6) is -0.0634. The van der Waals surface area contributed by atoms with Crippen molar-refractivity contribution in [3.05, 3.63) is 71.3 Å². The van der Waals surface area contributed by atoms with Gasteiger partial charge in [-0.3, -0.25) is 4.79 Å². The predicted molar refractivity (Wildman–Crippen MR) is 116 cm³/mol. The van der Waals surface area contributed by atoms with Gasteiger partial charge in [-0.2, -0.15) is 4.31 Å². The molecule has 3 rings (SSSR count). The molecule has 29 heavy (non-hydrogen) atoms. The lowest BCUT2D eigenvalue weighted by Crippen LogP contribution is -2.30. The summed E-state index contributed by atoms with van der Waals surface area (Å²) in [5.41, 5.74) is 3.32. The first kappa shape index (κ1) is 21.3. The van der Waals surface area contributed by atoms with Crippen molar-refractivity contribution in [2.24, 2.45) is 0 Å². The van der Waals surface area contributed by atoms with Gasteiger partial charge in [0.1, 0.15) is 0 Å². The van der Waals surface area contributed by atoms with Crippen LogP contribution in [-0.2, 0) is 21.2 Å². The Morgan fingerprint density at radius 1 is 1.07 bits per heavy atom. The average molecular weight is 413 g/mol. The molecule has 0 radical (unpaired) electrons.